The van der Waals surface area contributed by atoms with Gasteiger partial charge in [-0.15, -0.1) is 0 Å². The SMILES string of the molecule is CN1CCN(c2ccc(-c3ncnc4ccc(C=C5SC(N6CCOCC6)=NC5=O)cc34)cc2Cl)CC1. The van der Waals surface area contributed by atoms with Gasteiger partial charge in [0.15, 0.2) is 5.17 Å². The molecular weight excluding hydrogens is 508 g/mol. The fourth-order valence-corrected chi connectivity index (χ4v) is 6.06. The number of aliphatic imine (C=N–C) groups is 1. The number of benzene rings is 2. The van der Waals surface area contributed by atoms with Crippen LogP contribution in [0.1, 0.15) is 5.56 Å². The van der Waals surface area contributed by atoms with Crippen molar-refractivity contribution in [1.29, 1.82) is 0 Å². The predicted molar refractivity (Wildman–Crippen MR) is 150 cm³/mol. The molecule has 2 fully saturated rings. The number of morpholine rings is 1. The number of carbonyl (C=O) groups is 1. The largest absolute Gasteiger partial charge is 0.378 e. The van der Waals surface area contributed by atoms with Gasteiger partial charge in [-0.1, -0.05) is 23.7 Å². The molecule has 1 amide bonds. The molecule has 0 bridgehead atoms. The summed E-state index contributed by atoms with van der Waals surface area (Å²) >= 11 is 8.18. The van der Waals surface area contributed by atoms with Gasteiger partial charge in [0.05, 0.1) is 40.0 Å². The van der Waals surface area contributed by atoms with Crippen LogP contribution in [0.2, 0.25) is 5.02 Å². The molecule has 3 aliphatic rings. The molecule has 0 atom stereocenters. The van der Waals surface area contributed by atoms with E-state index in [9.17, 15) is 4.79 Å². The number of anilines is 1. The average molecular weight is 535 g/mol. The third-order valence-electron chi connectivity index (χ3n) is 6.91. The third-order valence-corrected chi connectivity index (χ3v) is 8.26. The number of likely N-dealkylation sites (N-methyl/N-ethyl adjacent to an activating group) is 1. The molecule has 8 nitrogen and oxygen atoms in total. The van der Waals surface area contributed by atoms with E-state index in [1.807, 2.05) is 30.3 Å². The summed E-state index contributed by atoms with van der Waals surface area (Å²) in [5.41, 5.74) is 4.53. The van der Waals surface area contributed by atoms with E-state index in [1.165, 1.54) is 11.8 Å². The first kappa shape index (κ1) is 24.4. The van der Waals surface area contributed by atoms with Gasteiger partial charge in [0.25, 0.3) is 5.91 Å². The number of nitrogens with zero attached hydrogens (tertiary/aromatic N) is 6. The van der Waals surface area contributed by atoms with Crippen molar-refractivity contribution in [3.05, 3.63) is 58.2 Å². The van der Waals surface area contributed by atoms with Crippen LogP contribution in [0.5, 0.6) is 0 Å². The Hall–Kier alpha value is -2.98. The van der Waals surface area contributed by atoms with Crippen molar-refractivity contribution >= 4 is 57.1 Å². The number of rotatable bonds is 3. The van der Waals surface area contributed by atoms with Gasteiger partial charge in [-0.3, -0.25) is 4.79 Å². The van der Waals surface area contributed by atoms with Crippen LogP contribution in [0, 0.1) is 0 Å². The van der Waals surface area contributed by atoms with Crippen molar-refractivity contribution in [2.45, 2.75) is 0 Å². The number of hydrogen-bond donors (Lipinski definition) is 0. The zero-order chi connectivity index (χ0) is 25.4. The lowest BCUT2D eigenvalue weighted by molar-refractivity contribution is -0.113. The lowest BCUT2D eigenvalue weighted by Gasteiger charge is -2.34. The van der Waals surface area contributed by atoms with Gasteiger partial charge in [-0.2, -0.15) is 4.99 Å². The number of hydrogen-bond acceptors (Lipinski definition) is 8. The van der Waals surface area contributed by atoms with E-state index in [0.717, 1.165) is 77.8 Å². The first-order valence-electron chi connectivity index (χ1n) is 12.4. The molecule has 2 saturated heterocycles. The minimum Gasteiger partial charge on any atom is -0.378 e. The summed E-state index contributed by atoms with van der Waals surface area (Å²) in [6, 6.07) is 12.1. The number of piperazine rings is 1. The van der Waals surface area contributed by atoms with Gasteiger partial charge in [0.2, 0.25) is 0 Å². The fourth-order valence-electron chi connectivity index (χ4n) is 4.79. The van der Waals surface area contributed by atoms with Crippen molar-refractivity contribution in [3.63, 3.8) is 0 Å². The van der Waals surface area contributed by atoms with Gasteiger partial charge in [0, 0.05) is 50.2 Å². The zero-order valence-electron chi connectivity index (χ0n) is 20.6. The number of amides is 1. The van der Waals surface area contributed by atoms with Crippen LogP contribution in [0.4, 0.5) is 5.69 Å². The summed E-state index contributed by atoms with van der Waals surface area (Å²) < 4.78 is 5.42. The Morgan fingerprint density at radius 1 is 0.973 bits per heavy atom. The highest BCUT2D eigenvalue weighted by molar-refractivity contribution is 8.18. The van der Waals surface area contributed by atoms with E-state index in [4.69, 9.17) is 16.3 Å². The van der Waals surface area contributed by atoms with E-state index in [2.05, 4.69) is 48.8 Å². The maximum Gasteiger partial charge on any atom is 0.286 e. The number of fused-ring (bicyclic) bond motifs is 1. The molecule has 0 N–H and O–H groups in total. The van der Waals surface area contributed by atoms with Crippen LogP contribution in [0.25, 0.3) is 28.2 Å². The van der Waals surface area contributed by atoms with Crippen LogP contribution in [-0.2, 0) is 9.53 Å². The highest BCUT2D eigenvalue weighted by atomic mass is 35.5. The van der Waals surface area contributed by atoms with Gasteiger partial charge < -0.3 is 19.4 Å². The van der Waals surface area contributed by atoms with E-state index in [1.54, 1.807) is 6.33 Å². The van der Waals surface area contributed by atoms with Crippen LogP contribution in [-0.4, -0.2) is 90.4 Å². The number of aromatic nitrogens is 2. The van der Waals surface area contributed by atoms with Gasteiger partial charge in [-0.25, -0.2) is 9.97 Å². The fraction of sp³-hybridized carbons (Fsp3) is 0.333. The van der Waals surface area contributed by atoms with Crippen LogP contribution in [0.15, 0.2) is 52.6 Å². The van der Waals surface area contributed by atoms with Crippen molar-refractivity contribution in [3.8, 4) is 11.3 Å². The Morgan fingerprint density at radius 3 is 2.57 bits per heavy atom. The van der Waals surface area contributed by atoms with Crippen molar-refractivity contribution < 1.29 is 9.53 Å². The van der Waals surface area contributed by atoms with Crippen molar-refractivity contribution in [1.82, 2.24) is 19.8 Å². The highest BCUT2D eigenvalue weighted by Gasteiger charge is 2.27. The summed E-state index contributed by atoms with van der Waals surface area (Å²) in [4.78, 5) is 33.3. The molecule has 10 heteroatoms. The Bertz CT molecular complexity index is 1410. The highest BCUT2D eigenvalue weighted by Crippen LogP contribution is 2.35. The van der Waals surface area contributed by atoms with Crippen LogP contribution < -0.4 is 4.90 Å². The Labute approximate surface area is 225 Å². The second-order valence-electron chi connectivity index (χ2n) is 9.36. The van der Waals surface area contributed by atoms with Gasteiger partial charge >= 0.3 is 0 Å². The van der Waals surface area contributed by atoms with E-state index in [0.29, 0.717) is 23.1 Å². The second kappa shape index (κ2) is 10.4. The molecule has 0 spiro atoms. The topological polar surface area (TPSA) is 74.2 Å². The summed E-state index contributed by atoms with van der Waals surface area (Å²) in [5, 5.41) is 2.37. The van der Waals surface area contributed by atoms with E-state index < -0.39 is 0 Å². The van der Waals surface area contributed by atoms with Crippen LogP contribution in [0.3, 0.4) is 0 Å². The number of ether oxygens (including phenoxy) is 1. The second-order valence-corrected chi connectivity index (χ2v) is 10.8. The molecule has 0 unspecified atom stereocenters. The molecule has 4 heterocycles. The molecule has 2 aromatic carbocycles. The normalized spacial score (nSPS) is 20.2. The Morgan fingerprint density at radius 2 is 1.78 bits per heavy atom. The molecule has 3 aliphatic heterocycles. The quantitative estimate of drug-likeness (QED) is 0.467. The first-order valence-corrected chi connectivity index (χ1v) is 13.6. The molecule has 0 radical (unpaired) electrons. The molecule has 0 saturated carbocycles. The number of carbonyl (C=O) groups excluding carboxylic acids is 1. The molecular formula is C27H27ClN6O2S. The van der Waals surface area contributed by atoms with E-state index in [-0.39, 0.29) is 5.91 Å². The zero-order valence-corrected chi connectivity index (χ0v) is 22.1. The molecule has 1 aromatic heterocycles. The maximum atomic E-state index is 12.6. The molecule has 190 valence electrons. The Balaban J connectivity index is 1.28. The molecule has 0 aliphatic carbocycles. The third kappa shape index (κ3) is 5.09. The summed E-state index contributed by atoms with van der Waals surface area (Å²) in [5.74, 6) is -0.206. The van der Waals surface area contributed by atoms with Gasteiger partial charge in [0.1, 0.15) is 6.33 Å². The number of thioether (sulfide) groups is 1. The van der Waals surface area contributed by atoms with Gasteiger partial charge in [-0.05, 0) is 54.7 Å². The minimum atomic E-state index is -0.206. The lowest BCUT2D eigenvalue weighted by atomic mass is 10.0. The Kier molecular flexibility index (Phi) is 6.86. The molecule has 3 aromatic rings. The summed E-state index contributed by atoms with van der Waals surface area (Å²) in [6.45, 7) is 6.76. The van der Waals surface area contributed by atoms with Crippen LogP contribution >= 0.6 is 23.4 Å². The summed E-state index contributed by atoms with van der Waals surface area (Å²) in [7, 11) is 2.14. The molecule has 6 rings (SSSR count). The number of amidine groups is 1. The van der Waals surface area contributed by atoms with Crippen molar-refractivity contribution in [2.24, 2.45) is 4.99 Å². The van der Waals surface area contributed by atoms with E-state index >= 15 is 0 Å². The molecule has 37 heavy (non-hydrogen) atoms. The monoisotopic (exact) mass is 534 g/mol. The number of halogens is 1. The standard InChI is InChI=1S/C27H27ClN6O2S/c1-32-6-8-33(9-7-32)23-5-3-19(16-21(23)28)25-20-14-18(2-4-22(20)29-17-30-25)15-24-26(35)31-27(37-24)34-10-12-36-13-11-34/h2-5,14-17H,6-13H2,1H3. The average Bonchev–Trinajstić information content (AvgIpc) is 3.29. The minimum absolute atomic E-state index is 0.206. The summed E-state index contributed by atoms with van der Waals surface area (Å²) in [6.07, 6.45) is 3.47. The smallest absolute Gasteiger partial charge is 0.286 e. The first-order chi connectivity index (χ1) is 18.0. The lowest BCUT2D eigenvalue weighted by Crippen LogP contribution is -2.44. The predicted octanol–water partition coefficient (Wildman–Crippen LogP) is 4.00. The maximum absolute atomic E-state index is 12.6. The van der Waals surface area contributed by atoms with Crippen molar-refractivity contribution in [2.75, 3.05) is 64.4 Å².